The Hall–Kier alpha value is -0.900. The van der Waals surface area contributed by atoms with E-state index in [4.69, 9.17) is 5.41 Å². The van der Waals surface area contributed by atoms with Gasteiger partial charge in [0.15, 0.2) is 0 Å². The average molecular weight is 231 g/mol. The van der Waals surface area contributed by atoms with Crippen LogP contribution in [-0.4, -0.2) is 12.9 Å². The van der Waals surface area contributed by atoms with Gasteiger partial charge in [0.25, 0.3) is 0 Å². The Morgan fingerprint density at radius 1 is 1.58 bits per heavy atom. The number of amidine groups is 1. The van der Waals surface area contributed by atoms with Gasteiger partial charge in [0.1, 0.15) is 11.7 Å². The molecular weight excluding hydrogens is 223 g/mol. The summed E-state index contributed by atoms with van der Waals surface area (Å²) in [5.74, 6) is -0.316. The molecular formula is C8H8BrFN2. The number of hydrogen-bond acceptors (Lipinski definition) is 1. The summed E-state index contributed by atoms with van der Waals surface area (Å²) >= 11 is 3.14. The largest absolute Gasteiger partial charge is 0.373 e. The highest BCUT2D eigenvalue weighted by atomic mass is 79.9. The number of halogens is 2. The molecule has 2 nitrogen and oxygen atoms in total. The Kier molecular flexibility index (Phi) is 2.81. The van der Waals surface area contributed by atoms with Gasteiger partial charge in [0.05, 0.1) is 5.56 Å². The third kappa shape index (κ3) is 1.82. The standard InChI is InChI=1S/C8H8BrFN2/c1-12-8(11)6-3-2-5(9)4-7(6)10/h2-4H,1H3,(H2,11,12). The van der Waals surface area contributed by atoms with E-state index >= 15 is 0 Å². The molecule has 0 aliphatic heterocycles. The van der Waals surface area contributed by atoms with Gasteiger partial charge < -0.3 is 5.32 Å². The summed E-state index contributed by atoms with van der Waals surface area (Å²) < 4.78 is 13.8. The molecule has 2 N–H and O–H groups in total. The van der Waals surface area contributed by atoms with Crippen LogP contribution in [0.25, 0.3) is 0 Å². The summed E-state index contributed by atoms with van der Waals surface area (Å²) in [5, 5.41) is 9.89. The first-order valence-corrected chi connectivity index (χ1v) is 4.16. The lowest BCUT2D eigenvalue weighted by atomic mass is 10.2. The molecule has 0 aromatic heterocycles. The summed E-state index contributed by atoms with van der Waals surface area (Å²) in [6, 6.07) is 4.59. The van der Waals surface area contributed by atoms with E-state index in [9.17, 15) is 4.39 Å². The second-order valence-electron chi connectivity index (χ2n) is 2.25. The molecule has 0 atom stereocenters. The van der Waals surface area contributed by atoms with E-state index in [2.05, 4.69) is 21.2 Å². The van der Waals surface area contributed by atoms with Gasteiger partial charge in [-0.3, -0.25) is 5.41 Å². The molecule has 0 saturated carbocycles. The molecule has 0 aliphatic carbocycles. The number of benzene rings is 1. The Bertz CT molecular complexity index is 312. The van der Waals surface area contributed by atoms with Crippen molar-refractivity contribution in [1.82, 2.24) is 5.32 Å². The molecule has 1 aromatic carbocycles. The van der Waals surface area contributed by atoms with Gasteiger partial charge in [-0.05, 0) is 18.2 Å². The lowest BCUT2D eigenvalue weighted by Crippen LogP contribution is -2.19. The van der Waals surface area contributed by atoms with E-state index in [1.54, 1.807) is 19.2 Å². The van der Waals surface area contributed by atoms with Gasteiger partial charge in [0, 0.05) is 11.5 Å². The zero-order valence-corrected chi connectivity index (χ0v) is 8.07. The van der Waals surface area contributed by atoms with Gasteiger partial charge in [-0.25, -0.2) is 4.39 Å². The minimum Gasteiger partial charge on any atom is -0.373 e. The molecule has 0 aliphatic rings. The SMILES string of the molecule is CNC(=N)c1ccc(Br)cc1F. The van der Waals surface area contributed by atoms with Gasteiger partial charge >= 0.3 is 0 Å². The van der Waals surface area contributed by atoms with Crippen LogP contribution >= 0.6 is 15.9 Å². The molecule has 64 valence electrons. The van der Waals surface area contributed by atoms with Gasteiger partial charge in [0.2, 0.25) is 0 Å². The first kappa shape index (κ1) is 9.19. The van der Waals surface area contributed by atoms with E-state index in [0.29, 0.717) is 4.47 Å². The van der Waals surface area contributed by atoms with Gasteiger partial charge in [-0.2, -0.15) is 0 Å². The van der Waals surface area contributed by atoms with Gasteiger partial charge in [-0.15, -0.1) is 0 Å². The first-order chi connectivity index (χ1) is 5.65. The van der Waals surface area contributed by atoms with Crippen molar-refractivity contribution in [3.8, 4) is 0 Å². The second-order valence-corrected chi connectivity index (χ2v) is 3.16. The predicted molar refractivity (Wildman–Crippen MR) is 50.0 cm³/mol. The molecule has 1 rings (SSSR count). The maximum Gasteiger partial charge on any atom is 0.135 e. The van der Waals surface area contributed by atoms with Crippen LogP contribution in [0.3, 0.4) is 0 Å². The third-order valence-corrected chi connectivity index (χ3v) is 1.94. The quantitative estimate of drug-likeness (QED) is 0.563. The highest BCUT2D eigenvalue weighted by Crippen LogP contribution is 2.14. The molecule has 0 unspecified atom stereocenters. The third-order valence-electron chi connectivity index (χ3n) is 1.45. The minimum atomic E-state index is -0.399. The number of hydrogen-bond donors (Lipinski definition) is 2. The highest BCUT2D eigenvalue weighted by Gasteiger charge is 2.05. The predicted octanol–water partition coefficient (Wildman–Crippen LogP) is 2.13. The number of nitrogens with one attached hydrogen (secondary N) is 2. The van der Waals surface area contributed by atoms with Crippen LogP contribution in [0.15, 0.2) is 22.7 Å². The fraction of sp³-hybridized carbons (Fsp3) is 0.125. The van der Waals surface area contributed by atoms with Crippen LogP contribution in [0, 0.1) is 11.2 Å². The Morgan fingerprint density at radius 2 is 2.25 bits per heavy atom. The fourth-order valence-corrected chi connectivity index (χ4v) is 1.16. The molecule has 0 heterocycles. The van der Waals surface area contributed by atoms with E-state index in [1.165, 1.54) is 6.07 Å². The molecule has 0 spiro atoms. The van der Waals surface area contributed by atoms with E-state index in [-0.39, 0.29) is 11.4 Å². The smallest absolute Gasteiger partial charge is 0.135 e. The highest BCUT2D eigenvalue weighted by molar-refractivity contribution is 9.10. The summed E-state index contributed by atoms with van der Waals surface area (Å²) in [5.41, 5.74) is 0.278. The molecule has 12 heavy (non-hydrogen) atoms. The van der Waals surface area contributed by atoms with Crippen LogP contribution in [0.4, 0.5) is 4.39 Å². The summed E-state index contributed by atoms with van der Waals surface area (Å²) in [6.45, 7) is 0. The maximum atomic E-state index is 13.1. The van der Waals surface area contributed by atoms with Crippen molar-refractivity contribution in [2.75, 3.05) is 7.05 Å². The number of rotatable bonds is 1. The van der Waals surface area contributed by atoms with Crippen molar-refractivity contribution in [3.63, 3.8) is 0 Å². The van der Waals surface area contributed by atoms with Crippen molar-refractivity contribution in [1.29, 1.82) is 5.41 Å². The van der Waals surface area contributed by atoms with Crippen molar-refractivity contribution in [3.05, 3.63) is 34.1 Å². The van der Waals surface area contributed by atoms with Gasteiger partial charge in [-0.1, -0.05) is 15.9 Å². The van der Waals surface area contributed by atoms with E-state index in [1.807, 2.05) is 0 Å². The fourth-order valence-electron chi connectivity index (χ4n) is 0.827. The summed E-state index contributed by atoms with van der Waals surface area (Å²) in [4.78, 5) is 0. The lowest BCUT2D eigenvalue weighted by molar-refractivity contribution is 0.623. The average Bonchev–Trinajstić information content (AvgIpc) is 2.03. The minimum absolute atomic E-state index is 0.0833. The van der Waals surface area contributed by atoms with Crippen molar-refractivity contribution in [2.24, 2.45) is 0 Å². The van der Waals surface area contributed by atoms with E-state index < -0.39 is 5.82 Å². The monoisotopic (exact) mass is 230 g/mol. The molecule has 1 aromatic rings. The summed E-state index contributed by atoms with van der Waals surface area (Å²) in [7, 11) is 1.59. The molecule has 0 radical (unpaired) electrons. The van der Waals surface area contributed by atoms with Crippen LogP contribution < -0.4 is 5.32 Å². The van der Waals surface area contributed by atoms with Crippen molar-refractivity contribution < 1.29 is 4.39 Å². The summed E-state index contributed by atoms with van der Waals surface area (Å²) in [6.07, 6.45) is 0. The zero-order valence-electron chi connectivity index (χ0n) is 6.49. The molecule has 0 amide bonds. The van der Waals surface area contributed by atoms with Crippen LogP contribution in [-0.2, 0) is 0 Å². The Morgan fingerprint density at radius 3 is 2.75 bits per heavy atom. The van der Waals surface area contributed by atoms with Crippen LogP contribution in [0.2, 0.25) is 0 Å². The second kappa shape index (κ2) is 3.67. The zero-order chi connectivity index (χ0) is 9.14. The topological polar surface area (TPSA) is 35.9 Å². The molecule has 0 saturated heterocycles. The molecule has 4 heteroatoms. The van der Waals surface area contributed by atoms with E-state index in [0.717, 1.165) is 0 Å². The maximum absolute atomic E-state index is 13.1. The molecule has 0 bridgehead atoms. The van der Waals surface area contributed by atoms with Crippen LogP contribution in [0.1, 0.15) is 5.56 Å². The Labute approximate surface area is 78.4 Å². The Balaban J connectivity index is 3.09. The van der Waals surface area contributed by atoms with Crippen LogP contribution in [0.5, 0.6) is 0 Å². The van der Waals surface area contributed by atoms with Crippen molar-refractivity contribution >= 4 is 21.8 Å². The van der Waals surface area contributed by atoms with Crippen molar-refractivity contribution in [2.45, 2.75) is 0 Å². The first-order valence-electron chi connectivity index (χ1n) is 3.37. The molecule has 0 fully saturated rings. The normalized spacial score (nSPS) is 9.58. The lowest BCUT2D eigenvalue weighted by Gasteiger charge is -2.03.